The highest BCUT2D eigenvalue weighted by Crippen LogP contribution is 2.31. The van der Waals surface area contributed by atoms with Gasteiger partial charge in [-0.3, -0.25) is 10.1 Å². The molecular formula is C21H15N3O4. The molecule has 0 spiro atoms. The number of nitrogens with zero attached hydrogens (tertiary/aromatic N) is 3. The van der Waals surface area contributed by atoms with Crippen LogP contribution in [0.4, 0.5) is 5.69 Å². The second kappa shape index (κ2) is 7.71. The molecule has 0 aliphatic carbocycles. The van der Waals surface area contributed by atoms with E-state index in [9.17, 15) is 10.1 Å². The van der Waals surface area contributed by atoms with Gasteiger partial charge in [-0.2, -0.15) is 0 Å². The monoisotopic (exact) mass is 373 g/mol. The first kappa shape index (κ1) is 17.4. The molecule has 0 radical (unpaired) electrons. The van der Waals surface area contributed by atoms with E-state index in [-0.39, 0.29) is 12.3 Å². The highest BCUT2D eigenvalue weighted by atomic mass is 16.6. The Labute approximate surface area is 160 Å². The quantitative estimate of drug-likeness (QED) is 0.353. The largest absolute Gasteiger partial charge is 0.488 e. The second-order valence-electron chi connectivity index (χ2n) is 5.99. The van der Waals surface area contributed by atoms with Crippen LogP contribution in [0, 0.1) is 10.1 Å². The third-order valence-electron chi connectivity index (χ3n) is 4.10. The van der Waals surface area contributed by atoms with Gasteiger partial charge in [-0.25, -0.2) is 0 Å². The van der Waals surface area contributed by atoms with Gasteiger partial charge in [0.25, 0.3) is 11.6 Å². The summed E-state index contributed by atoms with van der Waals surface area (Å²) in [7, 11) is 0. The lowest BCUT2D eigenvalue weighted by atomic mass is 10.2. The Hall–Kier alpha value is -4.00. The number of para-hydroxylation sites is 1. The maximum atomic E-state index is 10.7. The summed E-state index contributed by atoms with van der Waals surface area (Å²) in [5.74, 6) is 1.38. The van der Waals surface area contributed by atoms with Gasteiger partial charge in [-0.1, -0.05) is 30.3 Å². The SMILES string of the molecule is O=[N+]([O-])c1ccc(COc2ccccc2-c2nnc(-c3ccccc3)o2)cc1. The first-order valence-electron chi connectivity index (χ1n) is 8.55. The summed E-state index contributed by atoms with van der Waals surface area (Å²) in [6.45, 7) is 0.259. The Bertz CT molecular complexity index is 1090. The van der Waals surface area contributed by atoms with E-state index < -0.39 is 4.92 Å². The number of non-ortho nitro benzene ring substituents is 1. The van der Waals surface area contributed by atoms with Gasteiger partial charge in [0.05, 0.1) is 10.5 Å². The highest BCUT2D eigenvalue weighted by molar-refractivity contribution is 5.64. The zero-order valence-electron chi connectivity index (χ0n) is 14.7. The van der Waals surface area contributed by atoms with Gasteiger partial charge in [0.15, 0.2) is 0 Å². The van der Waals surface area contributed by atoms with E-state index in [1.807, 2.05) is 54.6 Å². The van der Waals surface area contributed by atoms with Crippen LogP contribution in [0.1, 0.15) is 5.56 Å². The molecular weight excluding hydrogens is 358 g/mol. The van der Waals surface area contributed by atoms with Crippen LogP contribution in [0.25, 0.3) is 22.9 Å². The second-order valence-corrected chi connectivity index (χ2v) is 5.99. The zero-order valence-corrected chi connectivity index (χ0v) is 14.7. The van der Waals surface area contributed by atoms with Crippen molar-refractivity contribution >= 4 is 5.69 Å². The molecule has 4 rings (SSSR count). The molecule has 0 atom stereocenters. The van der Waals surface area contributed by atoms with E-state index in [0.29, 0.717) is 23.1 Å². The molecule has 3 aromatic carbocycles. The molecule has 1 heterocycles. The van der Waals surface area contributed by atoms with E-state index in [0.717, 1.165) is 11.1 Å². The third kappa shape index (κ3) is 3.73. The van der Waals surface area contributed by atoms with Crippen LogP contribution in [0.15, 0.2) is 83.3 Å². The molecule has 0 N–H and O–H groups in total. The van der Waals surface area contributed by atoms with Crippen LogP contribution < -0.4 is 4.74 Å². The zero-order chi connectivity index (χ0) is 19.3. The molecule has 7 nitrogen and oxygen atoms in total. The molecule has 138 valence electrons. The van der Waals surface area contributed by atoms with Gasteiger partial charge in [-0.15, -0.1) is 10.2 Å². The van der Waals surface area contributed by atoms with Gasteiger partial charge in [0, 0.05) is 17.7 Å². The fourth-order valence-corrected chi connectivity index (χ4v) is 2.67. The van der Waals surface area contributed by atoms with Crippen molar-refractivity contribution in [3.8, 4) is 28.7 Å². The number of hydrogen-bond acceptors (Lipinski definition) is 6. The van der Waals surface area contributed by atoms with Crippen LogP contribution >= 0.6 is 0 Å². The molecule has 4 aromatic rings. The van der Waals surface area contributed by atoms with Crippen molar-refractivity contribution in [1.82, 2.24) is 10.2 Å². The number of benzene rings is 3. The number of nitro benzene ring substituents is 1. The maximum Gasteiger partial charge on any atom is 0.269 e. The van der Waals surface area contributed by atoms with E-state index in [1.165, 1.54) is 12.1 Å². The number of aromatic nitrogens is 2. The summed E-state index contributed by atoms with van der Waals surface area (Å²) in [5.41, 5.74) is 2.38. The Morgan fingerprint density at radius 2 is 1.54 bits per heavy atom. The third-order valence-corrected chi connectivity index (χ3v) is 4.10. The fourth-order valence-electron chi connectivity index (χ4n) is 2.67. The summed E-state index contributed by atoms with van der Waals surface area (Å²) in [4.78, 5) is 10.3. The van der Waals surface area contributed by atoms with Crippen molar-refractivity contribution in [2.45, 2.75) is 6.61 Å². The smallest absolute Gasteiger partial charge is 0.269 e. The van der Waals surface area contributed by atoms with Crippen LogP contribution in [-0.2, 0) is 6.61 Å². The van der Waals surface area contributed by atoms with E-state index in [1.54, 1.807) is 12.1 Å². The molecule has 0 unspecified atom stereocenters. The lowest BCUT2D eigenvalue weighted by molar-refractivity contribution is -0.384. The van der Waals surface area contributed by atoms with Gasteiger partial charge in [0.2, 0.25) is 5.89 Å². The topological polar surface area (TPSA) is 91.3 Å². The minimum Gasteiger partial charge on any atom is -0.488 e. The van der Waals surface area contributed by atoms with Crippen LogP contribution in [0.3, 0.4) is 0 Å². The van der Waals surface area contributed by atoms with Crippen molar-refractivity contribution < 1.29 is 14.1 Å². The van der Waals surface area contributed by atoms with Crippen molar-refractivity contribution in [2.75, 3.05) is 0 Å². The van der Waals surface area contributed by atoms with Crippen molar-refractivity contribution in [2.24, 2.45) is 0 Å². The molecule has 0 saturated carbocycles. The maximum absolute atomic E-state index is 10.7. The molecule has 7 heteroatoms. The van der Waals surface area contributed by atoms with Crippen molar-refractivity contribution in [3.63, 3.8) is 0 Å². The van der Waals surface area contributed by atoms with Gasteiger partial charge < -0.3 is 9.15 Å². The molecule has 0 amide bonds. The highest BCUT2D eigenvalue weighted by Gasteiger charge is 2.14. The fraction of sp³-hybridized carbons (Fsp3) is 0.0476. The normalized spacial score (nSPS) is 10.6. The minimum absolute atomic E-state index is 0.0449. The van der Waals surface area contributed by atoms with Gasteiger partial charge >= 0.3 is 0 Å². The molecule has 28 heavy (non-hydrogen) atoms. The molecule has 0 aliphatic heterocycles. The average Bonchev–Trinajstić information content (AvgIpc) is 3.23. The Morgan fingerprint density at radius 1 is 0.857 bits per heavy atom. The summed E-state index contributed by atoms with van der Waals surface area (Å²) < 4.78 is 11.7. The van der Waals surface area contributed by atoms with E-state index in [4.69, 9.17) is 9.15 Å². The molecule has 0 fully saturated rings. The predicted octanol–water partition coefficient (Wildman–Crippen LogP) is 4.89. The Kier molecular flexibility index (Phi) is 4.79. The summed E-state index contributed by atoms with van der Waals surface area (Å²) in [5, 5.41) is 19.0. The van der Waals surface area contributed by atoms with Crippen molar-refractivity contribution in [1.29, 1.82) is 0 Å². The summed E-state index contributed by atoms with van der Waals surface area (Å²) in [6.07, 6.45) is 0. The van der Waals surface area contributed by atoms with E-state index in [2.05, 4.69) is 10.2 Å². The standard InChI is InChI=1S/C21H15N3O4/c25-24(26)17-12-10-15(11-13-17)14-27-19-9-5-4-8-18(19)21-23-22-20(28-21)16-6-2-1-3-7-16/h1-13H,14H2. The summed E-state index contributed by atoms with van der Waals surface area (Å²) in [6, 6.07) is 23.1. The molecule has 1 aromatic heterocycles. The molecule has 0 aliphatic rings. The number of hydrogen-bond donors (Lipinski definition) is 0. The van der Waals surface area contributed by atoms with Crippen LogP contribution in [-0.4, -0.2) is 15.1 Å². The first-order chi connectivity index (χ1) is 13.7. The van der Waals surface area contributed by atoms with Gasteiger partial charge in [-0.05, 0) is 42.0 Å². The number of rotatable bonds is 6. The average molecular weight is 373 g/mol. The van der Waals surface area contributed by atoms with Gasteiger partial charge in [0.1, 0.15) is 12.4 Å². The Balaban J connectivity index is 1.54. The Morgan fingerprint density at radius 3 is 2.29 bits per heavy atom. The first-order valence-corrected chi connectivity index (χ1v) is 8.55. The van der Waals surface area contributed by atoms with Crippen molar-refractivity contribution in [3.05, 3.63) is 94.5 Å². The van der Waals surface area contributed by atoms with E-state index >= 15 is 0 Å². The molecule has 0 saturated heterocycles. The lowest BCUT2D eigenvalue weighted by Crippen LogP contribution is -1.97. The number of ether oxygens (including phenoxy) is 1. The lowest BCUT2D eigenvalue weighted by Gasteiger charge is -2.09. The van der Waals surface area contributed by atoms with Crippen LogP contribution in [0.2, 0.25) is 0 Å². The predicted molar refractivity (Wildman–Crippen MR) is 103 cm³/mol. The minimum atomic E-state index is -0.431. The number of nitro groups is 1. The summed E-state index contributed by atoms with van der Waals surface area (Å²) >= 11 is 0. The van der Waals surface area contributed by atoms with Crippen LogP contribution in [0.5, 0.6) is 5.75 Å². The molecule has 0 bridgehead atoms.